The Morgan fingerprint density at radius 1 is 1.18 bits per heavy atom. The molecule has 1 unspecified atom stereocenters. The van der Waals surface area contributed by atoms with E-state index in [1.54, 1.807) is 30.1 Å². The number of nitrogens with zero attached hydrogens (tertiary/aromatic N) is 4. The normalized spacial score (nSPS) is 11.7. The summed E-state index contributed by atoms with van der Waals surface area (Å²) >= 11 is 0. The molecule has 0 fully saturated rings. The van der Waals surface area contributed by atoms with Crippen LogP contribution in [-0.2, 0) is 4.79 Å². The molecule has 0 bridgehead atoms. The molecule has 146 valence electrons. The first-order valence-corrected chi connectivity index (χ1v) is 8.97. The molecule has 0 saturated heterocycles. The molecule has 7 nitrogen and oxygen atoms in total. The average molecular weight is 380 g/mol. The fraction of sp³-hybridized carbons (Fsp3) is 0.286. The SMILES string of the molecule is COc1cc(C)ccc1OCC(=O)N(C)C(C)c1ccc(-n2cncn2)cc1. The summed E-state index contributed by atoms with van der Waals surface area (Å²) in [7, 11) is 3.36. The van der Waals surface area contributed by atoms with Crippen LogP contribution in [0.4, 0.5) is 0 Å². The zero-order valence-electron chi connectivity index (χ0n) is 16.5. The molecule has 28 heavy (non-hydrogen) atoms. The fourth-order valence-electron chi connectivity index (χ4n) is 2.82. The van der Waals surface area contributed by atoms with Gasteiger partial charge in [0.15, 0.2) is 18.1 Å². The van der Waals surface area contributed by atoms with Crippen molar-refractivity contribution in [2.24, 2.45) is 0 Å². The molecule has 0 N–H and O–H groups in total. The number of amides is 1. The van der Waals surface area contributed by atoms with E-state index < -0.39 is 0 Å². The van der Waals surface area contributed by atoms with Crippen molar-refractivity contribution in [3.05, 3.63) is 66.2 Å². The average Bonchev–Trinajstić information content (AvgIpc) is 3.26. The van der Waals surface area contributed by atoms with Crippen LogP contribution in [-0.4, -0.2) is 46.3 Å². The second-order valence-corrected chi connectivity index (χ2v) is 6.56. The van der Waals surface area contributed by atoms with Gasteiger partial charge in [-0.3, -0.25) is 4.79 Å². The summed E-state index contributed by atoms with van der Waals surface area (Å²) in [6.45, 7) is 3.90. The van der Waals surface area contributed by atoms with Crippen molar-refractivity contribution in [2.75, 3.05) is 20.8 Å². The van der Waals surface area contributed by atoms with Crippen molar-refractivity contribution >= 4 is 5.91 Å². The third-order valence-electron chi connectivity index (χ3n) is 4.70. The van der Waals surface area contributed by atoms with Crippen LogP contribution >= 0.6 is 0 Å². The van der Waals surface area contributed by atoms with Gasteiger partial charge in [0.25, 0.3) is 5.91 Å². The van der Waals surface area contributed by atoms with Crippen molar-refractivity contribution < 1.29 is 14.3 Å². The molecular weight excluding hydrogens is 356 g/mol. The van der Waals surface area contributed by atoms with E-state index in [2.05, 4.69) is 10.1 Å². The van der Waals surface area contributed by atoms with Crippen molar-refractivity contribution in [1.29, 1.82) is 0 Å². The molecule has 3 rings (SSSR count). The van der Waals surface area contributed by atoms with Gasteiger partial charge in [0.1, 0.15) is 12.7 Å². The minimum Gasteiger partial charge on any atom is -0.493 e. The van der Waals surface area contributed by atoms with E-state index in [1.807, 2.05) is 56.3 Å². The van der Waals surface area contributed by atoms with E-state index >= 15 is 0 Å². The van der Waals surface area contributed by atoms with Crippen molar-refractivity contribution in [3.8, 4) is 17.2 Å². The van der Waals surface area contributed by atoms with E-state index in [4.69, 9.17) is 9.47 Å². The summed E-state index contributed by atoms with van der Waals surface area (Å²) < 4.78 is 12.7. The molecule has 0 aliphatic rings. The Bertz CT molecular complexity index is 923. The van der Waals surface area contributed by atoms with Gasteiger partial charge in [0.05, 0.1) is 18.8 Å². The summed E-state index contributed by atoms with van der Waals surface area (Å²) in [5, 5.41) is 4.11. The van der Waals surface area contributed by atoms with E-state index in [0.29, 0.717) is 11.5 Å². The number of carbonyl (C=O) groups is 1. The maximum absolute atomic E-state index is 12.6. The molecule has 7 heteroatoms. The molecule has 0 radical (unpaired) electrons. The number of hydrogen-bond donors (Lipinski definition) is 0. The van der Waals surface area contributed by atoms with Crippen LogP contribution in [0.25, 0.3) is 5.69 Å². The number of benzene rings is 2. The van der Waals surface area contributed by atoms with E-state index in [0.717, 1.165) is 16.8 Å². The largest absolute Gasteiger partial charge is 0.493 e. The number of aryl methyl sites for hydroxylation is 1. The van der Waals surface area contributed by atoms with Gasteiger partial charge in [-0.25, -0.2) is 9.67 Å². The van der Waals surface area contributed by atoms with Crippen LogP contribution in [0.3, 0.4) is 0 Å². The van der Waals surface area contributed by atoms with Crippen LogP contribution in [0.15, 0.2) is 55.1 Å². The number of methoxy groups -OCH3 is 1. The molecule has 0 aliphatic carbocycles. The lowest BCUT2D eigenvalue weighted by Crippen LogP contribution is -2.33. The van der Waals surface area contributed by atoms with Gasteiger partial charge in [0, 0.05) is 7.05 Å². The van der Waals surface area contributed by atoms with Gasteiger partial charge in [0.2, 0.25) is 0 Å². The quantitative estimate of drug-likeness (QED) is 0.630. The van der Waals surface area contributed by atoms with Gasteiger partial charge >= 0.3 is 0 Å². The highest BCUT2D eigenvalue weighted by Crippen LogP contribution is 2.28. The highest BCUT2D eigenvalue weighted by atomic mass is 16.5. The third kappa shape index (κ3) is 4.31. The minimum absolute atomic E-state index is 0.0582. The predicted molar refractivity (Wildman–Crippen MR) is 106 cm³/mol. The minimum atomic E-state index is -0.115. The summed E-state index contributed by atoms with van der Waals surface area (Å²) in [4.78, 5) is 18.2. The number of likely N-dealkylation sites (N-methyl/N-ethyl adjacent to an activating group) is 1. The van der Waals surface area contributed by atoms with Crippen LogP contribution in [0.5, 0.6) is 11.5 Å². The number of hydrogen-bond acceptors (Lipinski definition) is 5. The van der Waals surface area contributed by atoms with E-state index in [9.17, 15) is 4.79 Å². The molecule has 3 aromatic rings. The van der Waals surface area contributed by atoms with Crippen LogP contribution in [0.1, 0.15) is 24.1 Å². The smallest absolute Gasteiger partial charge is 0.260 e. The molecule has 0 spiro atoms. The van der Waals surface area contributed by atoms with Gasteiger partial charge in [-0.05, 0) is 49.2 Å². The highest BCUT2D eigenvalue weighted by molar-refractivity contribution is 5.78. The number of aromatic nitrogens is 3. The third-order valence-corrected chi connectivity index (χ3v) is 4.70. The Morgan fingerprint density at radius 2 is 1.93 bits per heavy atom. The maximum Gasteiger partial charge on any atom is 0.260 e. The Labute approximate surface area is 164 Å². The Balaban J connectivity index is 1.62. The predicted octanol–water partition coefficient (Wildman–Crippen LogP) is 3.18. The van der Waals surface area contributed by atoms with Gasteiger partial charge in [-0.1, -0.05) is 18.2 Å². The summed E-state index contributed by atoms with van der Waals surface area (Å²) in [6.07, 6.45) is 3.14. The van der Waals surface area contributed by atoms with E-state index in [1.165, 1.54) is 6.33 Å². The molecule has 2 aromatic carbocycles. The number of carbonyl (C=O) groups excluding carboxylic acids is 1. The highest BCUT2D eigenvalue weighted by Gasteiger charge is 2.18. The molecule has 0 aliphatic heterocycles. The van der Waals surface area contributed by atoms with Crippen molar-refractivity contribution in [1.82, 2.24) is 19.7 Å². The topological polar surface area (TPSA) is 69.5 Å². The van der Waals surface area contributed by atoms with Gasteiger partial charge in [-0.2, -0.15) is 5.10 Å². The molecule has 1 heterocycles. The number of ether oxygens (including phenoxy) is 2. The molecule has 1 amide bonds. The first-order valence-electron chi connectivity index (χ1n) is 8.97. The number of rotatable bonds is 7. The maximum atomic E-state index is 12.6. The van der Waals surface area contributed by atoms with Gasteiger partial charge in [-0.15, -0.1) is 0 Å². The van der Waals surface area contributed by atoms with Crippen molar-refractivity contribution in [2.45, 2.75) is 19.9 Å². The molecule has 1 aromatic heterocycles. The first-order chi connectivity index (χ1) is 13.5. The van der Waals surface area contributed by atoms with Crippen LogP contribution < -0.4 is 9.47 Å². The summed E-state index contributed by atoms with van der Waals surface area (Å²) in [5.74, 6) is 1.06. The Hall–Kier alpha value is -3.35. The lowest BCUT2D eigenvalue weighted by atomic mass is 10.1. The lowest BCUT2D eigenvalue weighted by molar-refractivity contribution is -0.134. The van der Waals surface area contributed by atoms with Gasteiger partial charge < -0.3 is 14.4 Å². The van der Waals surface area contributed by atoms with Crippen LogP contribution in [0.2, 0.25) is 0 Å². The second kappa shape index (κ2) is 8.56. The molecule has 0 saturated carbocycles. The Morgan fingerprint density at radius 3 is 2.57 bits per heavy atom. The standard InChI is InChI=1S/C21H24N4O3/c1-15-5-10-19(20(11-15)27-4)28-12-21(26)24(3)16(2)17-6-8-18(9-7-17)25-14-22-13-23-25/h5-11,13-14,16H,12H2,1-4H3. The second-order valence-electron chi connectivity index (χ2n) is 6.56. The summed E-state index contributed by atoms with van der Waals surface area (Å²) in [6, 6.07) is 13.4. The zero-order chi connectivity index (χ0) is 20.1. The molecular formula is C21H24N4O3. The fourth-order valence-corrected chi connectivity index (χ4v) is 2.82. The van der Waals surface area contributed by atoms with Crippen molar-refractivity contribution in [3.63, 3.8) is 0 Å². The summed E-state index contributed by atoms with van der Waals surface area (Å²) in [5.41, 5.74) is 3.00. The van der Waals surface area contributed by atoms with Crippen LogP contribution in [0, 0.1) is 6.92 Å². The molecule has 1 atom stereocenters. The van der Waals surface area contributed by atoms with E-state index in [-0.39, 0.29) is 18.6 Å². The zero-order valence-corrected chi connectivity index (χ0v) is 16.5. The monoisotopic (exact) mass is 380 g/mol. The lowest BCUT2D eigenvalue weighted by Gasteiger charge is -2.25. The Kier molecular flexibility index (Phi) is 5.93. The first kappa shape index (κ1) is 19.4.